The number of alkyl halides is 2. The summed E-state index contributed by atoms with van der Waals surface area (Å²) in [5.41, 5.74) is 1.92. The average molecular weight is 470 g/mol. The summed E-state index contributed by atoms with van der Waals surface area (Å²) in [6.07, 6.45) is 0. The van der Waals surface area contributed by atoms with E-state index in [0.717, 1.165) is 11.3 Å². The van der Waals surface area contributed by atoms with Crippen LogP contribution in [0.25, 0.3) is 0 Å². The highest BCUT2D eigenvalue weighted by atomic mass is 35.5. The number of benzene rings is 2. The largest absolute Gasteiger partial charge is 0.490 e. The minimum atomic E-state index is -3.00. The molecule has 0 atom stereocenters. The van der Waals surface area contributed by atoms with Crippen molar-refractivity contribution in [3.8, 4) is 11.5 Å². The van der Waals surface area contributed by atoms with E-state index in [1.165, 1.54) is 18.2 Å². The molecule has 0 saturated carbocycles. The summed E-state index contributed by atoms with van der Waals surface area (Å²) in [5.74, 6) is -0.218. The van der Waals surface area contributed by atoms with Crippen LogP contribution in [0.15, 0.2) is 42.5 Å². The van der Waals surface area contributed by atoms with Crippen LogP contribution < -0.4 is 14.8 Å². The molecule has 1 heterocycles. The predicted molar refractivity (Wildman–Crippen MR) is 115 cm³/mol. The van der Waals surface area contributed by atoms with Crippen molar-refractivity contribution in [1.82, 2.24) is 9.78 Å². The van der Waals surface area contributed by atoms with E-state index < -0.39 is 12.5 Å². The van der Waals surface area contributed by atoms with E-state index >= 15 is 0 Å². The number of halogens is 4. The van der Waals surface area contributed by atoms with Crippen LogP contribution >= 0.6 is 23.2 Å². The Morgan fingerprint density at radius 3 is 2.58 bits per heavy atom. The second-order valence-electron chi connectivity index (χ2n) is 6.50. The molecular formula is C21H19Cl2F2N3O3. The average Bonchev–Trinajstić information content (AvgIpc) is 3.04. The lowest BCUT2D eigenvalue weighted by Crippen LogP contribution is -2.14. The van der Waals surface area contributed by atoms with Crippen LogP contribution in [0.1, 0.15) is 28.5 Å². The Labute approximate surface area is 187 Å². The molecule has 0 saturated heterocycles. The van der Waals surface area contributed by atoms with Crippen molar-refractivity contribution in [1.29, 1.82) is 0 Å². The summed E-state index contributed by atoms with van der Waals surface area (Å²) in [4.78, 5) is 12.6. The first kappa shape index (κ1) is 22.8. The van der Waals surface area contributed by atoms with Crippen LogP contribution in [0.3, 0.4) is 0 Å². The Balaban J connectivity index is 1.75. The maximum absolute atomic E-state index is 12.6. The van der Waals surface area contributed by atoms with E-state index in [-0.39, 0.29) is 23.7 Å². The Morgan fingerprint density at radius 2 is 1.90 bits per heavy atom. The normalized spacial score (nSPS) is 10.9. The van der Waals surface area contributed by atoms with Gasteiger partial charge in [0.2, 0.25) is 0 Å². The lowest BCUT2D eigenvalue weighted by atomic mass is 10.2. The first-order valence-electron chi connectivity index (χ1n) is 9.28. The molecule has 6 nitrogen and oxygen atoms in total. The van der Waals surface area contributed by atoms with E-state index in [9.17, 15) is 13.6 Å². The third-order valence-corrected chi connectivity index (χ3v) is 5.00. The number of hydrogen-bond donors (Lipinski definition) is 1. The molecule has 0 aliphatic rings. The number of ether oxygens (including phenoxy) is 2. The molecule has 10 heteroatoms. The monoisotopic (exact) mass is 469 g/mol. The van der Waals surface area contributed by atoms with Gasteiger partial charge in [-0.25, -0.2) is 0 Å². The SMILES string of the molecule is CCOc1cc(C(=O)Nc2cc(C)n(Cc3ccc(Cl)c(Cl)c3)n2)ccc1OC(F)F. The minimum Gasteiger partial charge on any atom is -0.490 e. The summed E-state index contributed by atoms with van der Waals surface area (Å²) in [6, 6.07) is 11.0. The summed E-state index contributed by atoms with van der Waals surface area (Å²) in [7, 11) is 0. The topological polar surface area (TPSA) is 65.4 Å². The first-order valence-corrected chi connectivity index (χ1v) is 10.0. The van der Waals surface area contributed by atoms with Crippen LogP contribution in [0, 0.1) is 6.92 Å². The molecule has 1 N–H and O–H groups in total. The van der Waals surface area contributed by atoms with Crippen LogP contribution in [-0.2, 0) is 6.54 Å². The lowest BCUT2D eigenvalue weighted by molar-refractivity contribution is -0.0514. The van der Waals surface area contributed by atoms with E-state index in [1.807, 2.05) is 13.0 Å². The summed E-state index contributed by atoms with van der Waals surface area (Å²) < 4.78 is 36.5. The van der Waals surface area contributed by atoms with Crippen molar-refractivity contribution in [2.75, 3.05) is 11.9 Å². The summed E-state index contributed by atoms with van der Waals surface area (Å²) in [6.45, 7) is 1.21. The maximum Gasteiger partial charge on any atom is 0.387 e. The maximum atomic E-state index is 12.6. The molecule has 31 heavy (non-hydrogen) atoms. The third kappa shape index (κ3) is 5.86. The van der Waals surface area contributed by atoms with Gasteiger partial charge in [-0.3, -0.25) is 9.48 Å². The molecule has 0 spiro atoms. The summed E-state index contributed by atoms with van der Waals surface area (Å²) >= 11 is 12.0. The van der Waals surface area contributed by atoms with Crippen molar-refractivity contribution < 1.29 is 23.0 Å². The van der Waals surface area contributed by atoms with E-state index in [4.69, 9.17) is 27.9 Å². The highest BCUT2D eigenvalue weighted by Crippen LogP contribution is 2.30. The van der Waals surface area contributed by atoms with Crippen molar-refractivity contribution in [3.05, 3.63) is 69.3 Å². The highest BCUT2D eigenvalue weighted by Gasteiger charge is 2.16. The smallest absolute Gasteiger partial charge is 0.387 e. The number of hydrogen-bond acceptors (Lipinski definition) is 4. The van der Waals surface area contributed by atoms with Gasteiger partial charge in [0.25, 0.3) is 5.91 Å². The number of anilines is 1. The second kappa shape index (κ2) is 9.98. The van der Waals surface area contributed by atoms with Gasteiger partial charge in [-0.05, 0) is 49.7 Å². The predicted octanol–water partition coefficient (Wildman–Crippen LogP) is 5.80. The van der Waals surface area contributed by atoms with Crippen molar-refractivity contribution in [3.63, 3.8) is 0 Å². The van der Waals surface area contributed by atoms with Gasteiger partial charge in [-0.2, -0.15) is 13.9 Å². The molecule has 1 amide bonds. The van der Waals surface area contributed by atoms with E-state index in [2.05, 4.69) is 15.2 Å². The number of nitrogens with one attached hydrogen (secondary N) is 1. The molecule has 0 fully saturated rings. The molecule has 3 rings (SSSR count). The van der Waals surface area contributed by atoms with Crippen LogP contribution in [-0.4, -0.2) is 28.9 Å². The fourth-order valence-corrected chi connectivity index (χ4v) is 3.16. The van der Waals surface area contributed by atoms with E-state index in [1.54, 1.807) is 29.8 Å². The fourth-order valence-electron chi connectivity index (χ4n) is 2.84. The zero-order valence-electron chi connectivity index (χ0n) is 16.7. The molecule has 0 aliphatic heterocycles. The Hall–Kier alpha value is -2.84. The van der Waals surface area contributed by atoms with E-state index in [0.29, 0.717) is 22.4 Å². The summed E-state index contributed by atoms with van der Waals surface area (Å²) in [5, 5.41) is 8.00. The van der Waals surface area contributed by atoms with Gasteiger partial charge in [0.1, 0.15) is 0 Å². The number of carbonyl (C=O) groups is 1. The number of aryl methyl sites for hydroxylation is 1. The number of nitrogens with zero attached hydrogens (tertiary/aromatic N) is 2. The molecule has 164 valence electrons. The van der Waals surface area contributed by atoms with Gasteiger partial charge in [-0.1, -0.05) is 29.3 Å². The number of rotatable bonds is 8. The van der Waals surface area contributed by atoms with Gasteiger partial charge in [0.15, 0.2) is 17.3 Å². The lowest BCUT2D eigenvalue weighted by Gasteiger charge is -2.12. The zero-order valence-corrected chi connectivity index (χ0v) is 18.2. The Morgan fingerprint density at radius 1 is 1.13 bits per heavy atom. The number of carbonyl (C=O) groups excluding carboxylic acids is 1. The molecule has 2 aromatic carbocycles. The minimum absolute atomic E-state index is 0.0526. The third-order valence-electron chi connectivity index (χ3n) is 4.26. The molecule has 0 aliphatic carbocycles. The first-order chi connectivity index (χ1) is 14.8. The molecule has 0 bridgehead atoms. The molecule has 0 radical (unpaired) electrons. The number of amides is 1. The fraction of sp³-hybridized carbons (Fsp3) is 0.238. The van der Waals surface area contributed by atoms with Crippen LogP contribution in [0.2, 0.25) is 10.0 Å². The van der Waals surface area contributed by atoms with Gasteiger partial charge in [-0.15, -0.1) is 0 Å². The van der Waals surface area contributed by atoms with Gasteiger partial charge >= 0.3 is 6.61 Å². The molecule has 3 aromatic rings. The van der Waals surface area contributed by atoms with Gasteiger partial charge in [0, 0.05) is 17.3 Å². The molecule has 1 aromatic heterocycles. The quantitative estimate of drug-likeness (QED) is 0.452. The standard InChI is InChI=1S/C21H19Cl2F2N3O3/c1-3-30-18-10-14(5-7-17(18)31-21(24)25)20(29)26-19-8-12(2)28(27-19)11-13-4-6-15(22)16(23)9-13/h4-10,21H,3,11H2,1-2H3,(H,26,27,29). The highest BCUT2D eigenvalue weighted by molar-refractivity contribution is 6.42. The van der Waals surface area contributed by atoms with Crippen molar-refractivity contribution >= 4 is 34.9 Å². The molecule has 0 unspecified atom stereocenters. The Kier molecular flexibility index (Phi) is 7.35. The second-order valence-corrected chi connectivity index (χ2v) is 7.32. The van der Waals surface area contributed by atoms with Crippen LogP contribution in [0.4, 0.5) is 14.6 Å². The zero-order chi connectivity index (χ0) is 22.5. The molecular weight excluding hydrogens is 451 g/mol. The van der Waals surface area contributed by atoms with Crippen LogP contribution in [0.5, 0.6) is 11.5 Å². The number of aromatic nitrogens is 2. The van der Waals surface area contributed by atoms with Crippen molar-refractivity contribution in [2.45, 2.75) is 27.0 Å². The Bertz CT molecular complexity index is 1090. The van der Waals surface area contributed by atoms with Gasteiger partial charge in [0.05, 0.1) is 23.2 Å². The van der Waals surface area contributed by atoms with Gasteiger partial charge < -0.3 is 14.8 Å². The van der Waals surface area contributed by atoms with Crippen molar-refractivity contribution in [2.24, 2.45) is 0 Å².